The van der Waals surface area contributed by atoms with Gasteiger partial charge in [-0.25, -0.2) is 0 Å². The topological polar surface area (TPSA) is 80.9 Å². The van der Waals surface area contributed by atoms with Crippen LogP contribution in [0.2, 0.25) is 10.1 Å². The van der Waals surface area contributed by atoms with E-state index in [-0.39, 0.29) is 26.4 Å². The van der Waals surface area contributed by atoms with Crippen molar-refractivity contribution in [2.45, 2.75) is 28.4 Å². The molecule has 1 saturated heterocycles. The summed E-state index contributed by atoms with van der Waals surface area (Å²) < 4.78 is 0. The van der Waals surface area contributed by atoms with Crippen LogP contribution < -0.4 is 0 Å². The van der Waals surface area contributed by atoms with Gasteiger partial charge in [0.1, 0.15) is 0 Å². The Morgan fingerprint density at radius 1 is 1.18 bits per heavy atom. The molecule has 0 bridgehead atoms. The summed E-state index contributed by atoms with van der Waals surface area (Å²) in [5.74, 6) is 0. The van der Waals surface area contributed by atoms with Gasteiger partial charge in [-0.05, 0) is 0 Å². The maximum atomic E-state index is 9.25. The summed E-state index contributed by atoms with van der Waals surface area (Å²) in [6.07, 6.45) is -2.85. The average Bonchev–Trinajstić information content (AvgIpc) is 2.01. The van der Waals surface area contributed by atoms with E-state index in [4.69, 9.17) is 15.3 Å². The molecule has 4 N–H and O–H groups in total. The Balaban J connectivity index is 2.52. The first-order valence-electron chi connectivity index (χ1n) is 3.43. The van der Waals surface area contributed by atoms with E-state index in [1.165, 1.54) is 0 Å². The van der Waals surface area contributed by atoms with E-state index in [9.17, 15) is 5.11 Å². The quantitative estimate of drug-likeness (QED) is 0.390. The Morgan fingerprint density at radius 2 is 1.82 bits per heavy atom. The van der Waals surface area contributed by atoms with E-state index in [0.717, 1.165) is 0 Å². The average molecular weight is 227 g/mol. The summed E-state index contributed by atoms with van der Waals surface area (Å²) in [6, 6.07) is 0. The van der Waals surface area contributed by atoms with Gasteiger partial charge in [0.15, 0.2) is 0 Å². The second kappa shape index (κ2) is 3.85. The van der Waals surface area contributed by atoms with Crippen LogP contribution in [0.3, 0.4) is 0 Å². The Labute approximate surface area is 71.0 Å². The standard InChI is InChI=1S/C6H12O4Se/c7-1-4-6(10)5(9)3(8)2-11-4/h3-10H,1-2H2/t3-,4-,5+,6+/m1/s1. The molecule has 0 aromatic carbocycles. The van der Waals surface area contributed by atoms with Crippen LogP contribution in [0.25, 0.3) is 0 Å². The number of hydrogen-bond donors (Lipinski definition) is 4. The predicted molar refractivity (Wildman–Crippen MR) is 39.4 cm³/mol. The molecule has 0 amide bonds. The van der Waals surface area contributed by atoms with Gasteiger partial charge >= 0.3 is 70.4 Å². The molecule has 0 spiro atoms. The predicted octanol–water partition coefficient (Wildman–Crippen LogP) is -2.01. The van der Waals surface area contributed by atoms with Crippen molar-refractivity contribution in [1.29, 1.82) is 0 Å². The first kappa shape index (κ1) is 9.45. The fraction of sp³-hybridized carbons (Fsp3) is 1.00. The van der Waals surface area contributed by atoms with E-state index >= 15 is 0 Å². The van der Waals surface area contributed by atoms with Gasteiger partial charge in [0, 0.05) is 0 Å². The van der Waals surface area contributed by atoms with Crippen molar-refractivity contribution in [3.8, 4) is 0 Å². The van der Waals surface area contributed by atoms with Crippen molar-refractivity contribution in [3.05, 3.63) is 0 Å². The fourth-order valence-corrected chi connectivity index (χ4v) is 3.35. The minimum atomic E-state index is -1.08. The van der Waals surface area contributed by atoms with Gasteiger partial charge in [-0.1, -0.05) is 0 Å². The Hall–Kier alpha value is 0.359. The molecule has 0 saturated carbocycles. The molecule has 0 aromatic rings. The first-order valence-corrected chi connectivity index (χ1v) is 5.63. The van der Waals surface area contributed by atoms with Crippen molar-refractivity contribution in [2.24, 2.45) is 0 Å². The van der Waals surface area contributed by atoms with Crippen LogP contribution in [0, 0.1) is 0 Å². The van der Waals surface area contributed by atoms with Crippen molar-refractivity contribution >= 4 is 15.0 Å². The molecule has 0 aliphatic carbocycles. The Morgan fingerprint density at radius 3 is 2.36 bits per heavy atom. The summed E-state index contributed by atoms with van der Waals surface area (Å²) in [4.78, 5) is -0.221. The number of aliphatic hydroxyl groups excluding tert-OH is 4. The summed E-state index contributed by atoms with van der Waals surface area (Å²) in [5.41, 5.74) is 0. The molecule has 1 rings (SSSR count). The van der Waals surface area contributed by atoms with Crippen molar-refractivity contribution in [1.82, 2.24) is 0 Å². The van der Waals surface area contributed by atoms with Gasteiger partial charge in [0.25, 0.3) is 0 Å². The molecule has 66 valence electrons. The Kier molecular flexibility index (Phi) is 3.30. The molecule has 0 unspecified atom stereocenters. The van der Waals surface area contributed by atoms with Crippen LogP contribution in [0.5, 0.6) is 0 Å². The Bertz CT molecular complexity index is 130. The van der Waals surface area contributed by atoms with E-state index in [1.807, 2.05) is 0 Å². The molecule has 1 aliphatic heterocycles. The van der Waals surface area contributed by atoms with Gasteiger partial charge in [-0.15, -0.1) is 0 Å². The molecule has 5 heteroatoms. The monoisotopic (exact) mass is 228 g/mol. The molecule has 11 heavy (non-hydrogen) atoms. The van der Waals surface area contributed by atoms with E-state index in [1.54, 1.807) is 0 Å². The molecule has 0 radical (unpaired) electrons. The minimum absolute atomic E-state index is 0.0345. The number of aliphatic hydroxyl groups is 4. The van der Waals surface area contributed by atoms with Crippen molar-refractivity contribution in [2.75, 3.05) is 6.61 Å². The van der Waals surface area contributed by atoms with Gasteiger partial charge < -0.3 is 0 Å². The second-order valence-corrected chi connectivity index (χ2v) is 5.27. The van der Waals surface area contributed by atoms with E-state index < -0.39 is 18.3 Å². The third-order valence-corrected chi connectivity index (χ3v) is 4.70. The summed E-state index contributed by atoms with van der Waals surface area (Å²) in [7, 11) is 0. The zero-order chi connectivity index (χ0) is 8.43. The van der Waals surface area contributed by atoms with Gasteiger partial charge in [-0.2, -0.15) is 0 Å². The molecular formula is C6H12O4Se. The SMILES string of the molecule is OC[C@H]1[Se]C[C@@H](O)[C@H](O)[C@H]1O. The normalized spacial score (nSPS) is 45.8. The zero-order valence-corrected chi connectivity index (χ0v) is 7.63. The van der Waals surface area contributed by atoms with Crippen LogP contribution in [0.15, 0.2) is 0 Å². The van der Waals surface area contributed by atoms with Gasteiger partial charge in [0.05, 0.1) is 0 Å². The summed E-state index contributed by atoms with van der Waals surface area (Å²) in [5, 5.41) is 36.7. The van der Waals surface area contributed by atoms with E-state index in [2.05, 4.69) is 0 Å². The first-order chi connectivity index (χ1) is 5.16. The van der Waals surface area contributed by atoms with Gasteiger partial charge in [0.2, 0.25) is 0 Å². The number of hydrogen-bond acceptors (Lipinski definition) is 4. The van der Waals surface area contributed by atoms with E-state index in [0.29, 0.717) is 5.32 Å². The zero-order valence-electron chi connectivity index (χ0n) is 5.92. The van der Waals surface area contributed by atoms with Crippen LogP contribution in [0.4, 0.5) is 0 Å². The van der Waals surface area contributed by atoms with Crippen LogP contribution >= 0.6 is 0 Å². The third-order valence-electron chi connectivity index (χ3n) is 1.79. The fourth-order valence-electron chi connectivity index (χ4n) is 1.03. The van der Waals surface area contributed by atoms with Crippen LogP contribution in [-0.4, -0.2) is 60.3 Å². The molecule has 0 aromatic heterocycles. The van der Waals surface area contributed by atoms with Gasteiger partial charge in [-0.3, -0.25) is 0 Å². The summed E-state index contributed by atoms with van der Waals surface area (Å²) in [6.45, 7) is -0.106. The second-order valence-electron chi connectivity index (χ2n) is 2.60. The molecule has 1 aliphatic rings. The van der Waals surface area contributed by atoms with Crippen LogP contribution in [-0.2, 0) is 0 Å². The summed E-state index contributed by atoms with van der Waals surface area (Å²) >= 11 is 0.0345. The number of rotatable bonds is 1. The van der Waals surface area contributed by atoms with Crippen molar-refractivity contribution < 1.29 is 20.4 Å². The maximum absolute atomic E-state index is 9.25. The molecule has 4 atom stereocenters. The molecular weight excluding hydrogens is 215 g/mol. The van der Waals surface area contributed by atoms with Crippen LogP contribution in [0.1, 0.15) is 0 Å². The molecule has 1 fully saturated rings. The third kappa shape index (κ3) is 1.93. The molecule has 4 nitrogen and oxygen atoms in total. The van der Waals surface area contributed by atoms with Crippen molar-refractivity contribution in [3.63, 3.8) is 0 Å². The molecule has 1 heterocycles.